The molecule has 1 aliphatic carbocycles. The summed E-state index contributed by atoms with van der Waals surface area (Å²) in [5.41, 5.74) is 3.91. The van der Waals surface area contributed by atoms with E-state index in [4.69, 9.17) is 4.74 Å². The van der Waals surface area contributed by atoms with Crippen LogP contribution in [0, 0.1) is 0 Å². The van der Waals surface area contributed by atoms with Crippen molar-refractivity contribution >= 4 is 17.9 Å². The highest BCUT2D eigenvalue weighted by Crippen LogP contribution is 2.48. The van der Waals surface area contributed by atoms with Crippen molar-refractivity contribution in [3.8, 4) is 16.8 Å². The number of rotatable bonds is 7. The molecule has 1 aromatic heterocycles. The monoisotopic (exact) mass is 453 g/mol. The number of aliphatic carboxylic acids is 1. The first kappa shape index (κ1) is 21.5. The van der Waals surface area contributed by atoms with Gasteiger partial charge in [0.1, 0.15) is 18.8 Å². The molecule has 1 aliphatic rings. The van der Waals surface area contributed by atoms with Crippen LogP contribution in [0.5, 0.6) is 0 Å². The first-order valence-electron chi connectivity index (χ1n) is 11.0. The van der Waals surface area contributed by atoms with Crippen molar-refractivity contribution in [3.63, 3.8) is 0 Å². The van der Waals surface area contributed by atoms with Crippen molar-refractivity contribution in [2.75, 3.05) is 5.32 Å². The second-order valence-corrected chi connectivity index (χ2v) is 8.35. The Balaban J connectivity index is 1.26. The van der Waals surface area contributed by atoms with Crippen molar-refractivity contribution in [3.05, 3.63) is 103 Å². The molecule has 0 atom stereocenters. The van der Waals surface area contributed by atoms with E-state index in [0.717, 1.165) is 27.9 Å². The highest BCUT2D eigenvalue weighted by atomic mass is 16.5. The molecule has 4 aromatic rings. The number of ether oxygens (including phenoxy) is 1. The third-order valence-electron chi connectivity index (χ3n) is 6.16. The number of carbonyl (C=O) groups excluding carboxylic acids is 1. The summed E-state index contributed by atoms with van der Waals surface area (Å²) in [6.07, 6.45) is 4.01. The van der Waals surface area contributed by atoms with Crippen LogP contribution < -0.4 is 5.32 Å². The maximum atomic E-state index is 12.2. The van der Waals surface area contributed by atoms with Gasteiger partial charge in [0, 0.05) is 5.69 Å². The van der Waals surface area contributed by atoms with Gasteiger partial charge in [-0.15, -0.1) is 0 Å². The quantitative estimate of drug-likeness (QED) is 0.391. The summed E-state index contributed by atoms with van der Waals surface area (Å²) in [7, 11) is 0. The van der Waals surface area contributed by atoms with Gasteiger partial charge in [-0.25, -0.2) is 9.78 Å². The third kappa shape index (κ3) is 4.28. The number of nitrogens with one attached hydrogen (secondary N) is 1. The molecule has 0 saturated heterocycles. The minimum Gasteiger partial charge on any atom is -0.481 e. The van der Waals surface area contributed by atoms with E-state index in [0.29, 0.717) is 18.7 Å². The molecule has 0 aliphatic heterocycles. The van der Waals surface area contributed by atoms with Gasteiger partial charge < -0.3 is 9.84 Å². The fourth-order valence-corrected chi connectivity index (χ4v) is 4.00. The van der Waals surface area contributed by atoms with E-state index in [2.05, 4.69) is 10.3 Å². The molecule has 0 bridgehead atoms. The lowest BCUT2D eigenvalue weighted by molar-refractivity contribution is -0.140. The Hall–Kier alpha value is -4.39. The third-order valence-corrected chi connectivity index (χ3v) is 6.16. The minimum absolute atomic E-state index is 0.182. The van der Waals surface area contributed by atoms with Gasteiger partial charge in [0.2, 0.25) is 0 Å². The zero-order valence-electron chi connectivity index (χ0n) is 18.3. The van der Waals surface area contributed by atoms with Gasteiger partial charge in [0.05, 0.1) is 11.6 Å². The Bertz CT molecular complexity index is 1310. The standard InChI is InChI=1S/C27H23N3O4/c31-25(32)27(14-15-27)22-10-6-20(7-11-22)21-8-12-23(13-9-21)30-18-28-16-24(30)29-26(33)34-17-19-4-2-1-3-5-19/h1-13,16,18H,14-15,17H2,(H,29,33)(H,31,32). The van der Waals surface area contributed by atoms with Gasteiger partial charge in [0.15, 0.2) is 0 Å². The van der Waals surface area contributed by atoms with Crippen LogP contribution in [-0.4, -0.2) is 26.7 Å². The maximum Gasteiger partial charge on any atom is 0.413 e. The lowest BCUT2D eigenvalue weighted by atomic mass is 9.94. The van der Waals surface area contributed by atoms with Crippen molar-refractivity contribution in [1.29, 1.82) is 0 Å². The Labute approximate surface area is 196 Å². The number of amides is 1. The molecule has 1 amide bonds. The summed E-state index contributed by atoms with van der Waals surface area (Å²) < 4.78 is 7.06. The number of nitrogens with zero attached hydrogens (tertiary/aromatic N) is 2. The van der Waals surface area contributed by atoms with Crippen LogP contribution in [-0.2, 0) is 21.6 Å². The number of carboxylic acids is 1. The predicted octanol–water partition coefficient (Wildman–Crippen LogP) is 5.40. The summed E-state index contributed by atoms with van der Waals surface area (Å²) in [6.45, 7) is 0.182. The van der Waals surface area contributed by atoms with Gasteiger partial charge in [0.25, 0.3) is 0 Å². The number of carboxylic acid groups (broad SMARTS) is 1. The first-order chi connectivity index (χ1) is 16.5. The van der Waals surface area contributed by atoms with E-state index in [9.17, 15) is 14.7 Å². The van der Waals surface area contributed by atoms with E-state index in [1.165, 1.54) is 0 Å². The summed E-state index contributed by atoms with van der Waals surface area (Å²) in [5.74, 6) is -0.253. The molecule has 3 aromatic carbocycles. The fourth-order valence-electron chi connectivity index (χ4n) is 4.00. The van der Waals surface area contributed by atoms with Crippen LogP contribution in [0.25, 0.3) is 16.8 Å². The molecule has 7 heteroatoms. The Morgan fingerprint density at radius 2 is 1.59 bits per heavy atom. The Morgan fingerprint density at radius 1 is 0.941 bits per heavy atom. The molecule has 0 unspecified atom stereocenters. The largest absolute Gasteiger partial charge is 0.481 e. The minimum atomic E-state index is -0.752. The lowest BCUT2D eigenvalue weighted by Crippen LogP contribution is -2.19. The number of hydrogen-bond acceptors (Lipinski definition) is 4. The van der Waals surface area contributed by atoms with Crippen LogP contribution >= 0.6 is 0 Å². The second-order valence-electron chi connectivity index (χ2n) is 8.35. The summed E-state index contributed by atoms with van der Waals surface area (Å²) in [5, 5.41) is 12.2. The van der Waals surface area contributed by atoms with E-state index in [1.807, 2.05) is 78.9 Å². The van der Waals surface area contributed by atoms with Crippen LogP contribution in [0.2, 0.25) is 0 Å². The second kappa shape index (κ2) is 8.86. The zero-order chi connectivity index (χ0) is 23.5. The van der Waals surface area contributed by atoms with Crippen molar-refractivity contribution in [2.24, 2.45) is 0 Å². The molecule has 1 saturated carbocycles. The van der Waals surface area contributed by atoms with Gasteiger partial charge in [-0.2, -0.15) is 0 Å². The zero-order valence-corrected chi connectivity index (χ0v) is 18.3. The number of carbonyl (C=O) groups is 2. The van der Waals surface area contributed by atoms with Crippen molar-refractivity contribution in [1.82, 2.24) is 9.55 Å². The van der Waals surface area contributed by atoms with Crippen molar-refractivity contribution in [2.45, 2.75) is 24.9 Å². The average molecular weight is 453 g/mol. The molecule has 170 valence electrons. The molecular formula is C27H23N3O4. The molecule has 1 fully saturated rings. The summed E-state index contributed by atoms with van der Waals surface area (Å²) in [4.78, 5) is 27.9. The number of hydrogen-bond donors (Lipinski definition) is 2. The lowest BCUT2D eigenvalue weighted by Gasteiger charge is -2.12. The normalized spacial score (nSPS) is 13.8. The maximum absolute atomic E-state index is 12.2. The molecule has 2 N–H and O–H groups in total. The van der Waals surface area contributed by atoms with E-state index >= 15 is 0 Å². The Kier molecular flexibility index (Phi) is 5.59. The van der Waals surface area contributed by atoms with Gasteiger partial charge in [-0.05, 0) is 47.2 Å². The highest BCUT2D eigenvalue weighted by Gasteiger charge is 2.51. The molecule has 1 heterocycles. The van der Waals surface area contributed by atoms with Crippen LogP contribution in [0.4, 0.5) is 10.6 Å². The van der Waals surface area contributed by atoms with Gasteiger partial charge >= 0.3 is 12.1 Å². The van der Waals surface area contributed by atoms with Crippen molar-refractivity contribution < 1.29 is 19.4 Å². The molecule has 0 radical (unpaired) electrons. The van der Waals surface area contributed by atoms with E-state index in [-0.39, 0.29) is 6.61 Å². The van der Waals surface area contributed by atoms with Gasteiger partial charge in [-0.1, -0.05) is 66.7 Å². The first-order valence-corrected chi connectivity index (χ1v) is 11.0. The number of aromatic nitrogens is 2. The number of benzene rings is 3. The smallest absolute Gasteiger partial charge is 0.413 e. The molecular weight excluding hydrogens is 430 g/mol. The molecule has 0 spiro atoms. The number of imidazole rings is 1. The highest BCUT2D eigenvalue weighted by molar-refractivity contribution is 5.85. The van der Waals surface area contributed by atoms with E-state index < -0.39 is 17.5 Å². The summed E-state index contributed by atoms with van der Waals surface area (Å²) >= 11 is 0. The van der Waals surface area contributed by atoms with Crippen LogP contribution in [0.1, 0.15) is 24.0 Å². The SMILES string of the molecule is O=C(Nc1cncn1-c1ccc(-c2ccc(C3(C(=O)O)CC3)cc2)cc1)OCc1ccccc1. The topological polar surface area (TPSA) is 93.5 Å². The van der Waals surface area contributed by atoms with Crippen LogP contribution in [0.15, 0.2) is 91.4 Å². The molecule has 7 nitrogen and oxygen atoms in total. The van der Waals surface area contributed by atoms with Gasteiger partial charge in [-0.3, -0.25) is 14.7 Å². The molecule has 5 rings (SSSR count). The van der Waals surface area contributed by atoms with E-state index in [1.54, 1.807) is 17.1 Å². The average Bonchev–Trinajstić information content (AvgIpc) is 3.57. The number of anilines is 1. The van der Waals surface area contributed by atoms with Crippen LogP contribution in [0.3, 0.4) is 0 Å². The summed E-state index contributed by atoms with van der Waals surface area (Å²) in [6, 6.07) is 25.0. The Morgan fingerprint density at radius 3 is 2.21 bits per heavy atom. The fraction of sp³-hybridized carbons (Fsp3) is 0.148. The molecule has 34 heavy (non-hydrogen) atoms. The predicted molar refractivity (Wildman–Crippen MR) is 128 cm³/mol.